The standard InChI is InChI=1S/C21H28N2O4/c1-5-16-6-8-21(9-7-16)19(25)23(20(26)22-21)12-17(24)27-18-14(3)10-13(2)11-15(18)4/h10-11,16H,5-9,12H2,1-4H3,(H,22,26). The largest absolute Gasteiger partial charge is 0.425 e. The van der Waals surface area contributed by atoms with Gasteiger partial charge < -0.3 is 10.1 Å². The fourth-order valence-electron chi connectivity index (χ4n) is 4.34. The van der Waals surface area contributed by atoms with E-state index in [2.05, 4.69) is 12.2 Å². The van der Waals surface area contributed by atoms with E-state index < -0.39 is 17.5 Å². The van der Waals surface area contributed by atoms with Crippen molar-refractivity contribution in [2.75, 3.05) is 6.54 Å². The molecule has 0 unspecified atom stereocenters. The number of aryl methyl sites for hydroxylation is 3. The second kappa shape index (κ2) is 7.33. The highest BCUT2D eigenvalue weighted by Crippen LogP contribution is 2.37. The van der Waals surface area contributed by atoms with Gasteiger partial charge in [0.2, 0.25) is 0 Å². The van der Waals surface area contributed by atoms with Gasteiger partial charge in [0.15, 0.2) is 0 Å². The van der Waals surface area contributed by atoms with Crippen molar-refractivity contribution in [1.82, 2.24) is 10.2 Å². The maximum atomic E-state index is 12.9. The molecule has 1 aromatic carbocycles. The number of benzene rings is 1. The number of rotatable bonds is 4. The van der Waals surface area contributed by atoms with Crippen molar-refractivity contribution in [3.05, 3.63) is 28.8 Å². The van der Waals surface area contributed by atoms with E-state index in [1.54, 1.807) is 0 Å². The zero-order chi connectivity index (χ0) is 19.8. The predicted molar refractivity (Wildman–Crippen MR) is 102 cm³/mol. The molecule has 3 rings (SSSR count). The van der Waals surface area contributed by atoms with Gasteiger partial charge in [-0.15, -0.1) is 0 Å². The lowest BCUT2D eigenvalue weighted by Gasteiger charge is -2.34. The van der Waals surface area contributed by atoms with Gasteiger partial charge in [-0.1, -0.05) is 31.0 Å². The van der Waals surface area contributed by atoms with Gasteiger partial charge in [-0.3, -0.25) is 9.69 Å². The van der Waals surface area contributed by atoms with E-state index in [1.807, 2.05) is 32.9 Å². The lowest BCUT2D eigenvalue weighted by molar-refractivity contribution is -0.141. The van der Waals surface area contributed by atoms with Crippen LogP contribution in [0.2, 0.25) is 0 Å². The molecule has 6 nitrogen and oxygen atoms in total. The van der Waals surface area contributed by atoms with E-state index >= 15 is 0 Å². The Morgan fingerprint density at radius 3 is 2.33 bits per heavy atom. The molecule has 146 valence electrons. The summed E-state index contributed by atoms with van der Waals surface area (Å²) in [6.45, 7) is 7.51. The first-order valence-electron chi connectivity index (χ1n) is 9.68. The lowest BCUT2D eigenvalue weighted by Crippen LogP contribution is -2.49. The Morgan fingerprint density at radius 1 is 1.19 bits per heavy atom. The quantitative estimate of drug-likeness (QED) is 0.499. The highest BCUT2D eigenvalue weighted by Gasteiger charge is 2.52. The Morgan fingerprint density at radius 2 is 1.78 bits per heavy atom. The monoisotopic (exact) mass is 372 g/mol. The summed E-state index contributed by atoms with van der Waals surface area (Å²) in [6.07, 6.45) is 4.20. The third-order valence-electron chi connectivity index (χ3n) is 5.89. The number of nitrogens with one attached hydrogen (secondary N) is 1. The Kier molecular flexibility index (Phi) is 5.27. The summed E-state index contributed by atoms with van der Waals surface area (Å²) in [5.74, 6) is 0.201. The van der Waals surface area contributed by atoms with Gasteiger partial charge in [0.05, 0.1) is 0 Å². The molecule has 1 aromatic rings. The van der Waals surface area contributed by atoms with Crippen LogP contribution in [0.25, 0.3) is 0 Å². The van der Waals surface area contributed by atoms with Crippen LogP contribution in [0.4, 0.5) is 4.79 Å². The second-order valence-corrected chi connectivity index (χ2v) is 7.96. The van der Waals surface area contributed by atoms with Gasteiger partial charge in [-0.25, -0.2) is 9.59 Å². The minimum Gasteiger partial charge on any atom is -0.425 e. The summed E-state index contributed by atoms with van der Waals surface area (Å²) in [4.78, 5) is 38.7. The Labute approximate surface area is 160 Å². The van der Waals surface area contributed by atoms with Gasteiger partial charge in [0.1, 0.15) is 17.8 Å². The summed E-state index contributed by atoms with van der Waals surface area (Å²) < 4.78 is 5.49. The molecule has 1 aliphatic carbocycles. The average molecular weight is 372 g/mol. The molecule has 0 radical (unpaired) electrons. The summed E-state index contributed by atoms with van der Waals surface area (Å²) in [5, 5.41) is 2.84. The molecule has 0 aromatic heterocycles. The molecule has 1 saturated carbocycles. The van der Waals surface area contributed by atoms with Crippen LogP contribution in [0.3, 0.4) is 0 Å². The van der Waals surface area contributed by atoms with E-state index in [-0.39, 0.29) is 12.5 Å². The molecule has 1 N–H and O–H groups in total. The van der Waals surface area contributed by atoms with Crippen molar-refractivity contribution in [3.8, 4) is 5.75 Å². The minimum absolute atomic E-state index is 0.295. The first kappa shape index (κ1) is 19.4. The fraction of sp³-hybridized carbons (Fsp3) is 0.571. The number of imide groups is 1. The van der Waals surface area contributed by atoms with Crippen LogP contribution < -0.4 is 10.1 Å². The number of ether oxygens (including phenoxy) is 1. The summed E-state index contributed by atoms with van der Waals surface area (Å²) in [7, 11) is 0. The minimum atomic E-state index is -0.835. The average Bonchev–Trinajstić information content (AvgIpc) is 2.83. The van der Waals surface area contributed by atoms with Gasteiger partial charge >= 0.3 is 12.0 Å². The van der Waals surface area contributed by atoms with Gasteiger partial charge in [0.25, 0.3) is 5.91 Å². The third kappa shape index (κ3) is 3.70. The zero-order valence-electron chi connectivity index (χ0n) is 16.6. The van der Waals surface area contributed by atoms with Crippen molar-refractivity contribution in [2.45, 2.75) is 65.3 Å². The van der Waals surface area contributed by atoms with Crippen molar-refractivity contribution in [2.24, 2.45) is 5.92 Å². The second-order valence-electron chi connectivity index (χ2n) is 7.96. The molecule has 27 heavy (non-hydrogen) atoms. The number of urea groups is 1. The summed E-state index contributed by atoms with van der Waals surface area (Å²) in [5.41, 5.74) is 1.96. The molecular formula is C21H28N2O4. The third-order valence-corrected chi connectivity index (χ3v) is 5.89. The van der Waals surface area contributed by atoms with Crippen LogP contribution in [-0.4, -0.2) is 34.9 Å². The van der Waals surface area contributed by atoms with Crippen LogP contribution in [0.1, 0.15) is 55.7 Å². The normalized spacial score (nSPS) is 25.0. The number of hydrogen-bond acceptors (Lipinski definition) is 4. The molecule has 0 atom stereocenters. The van der Waals surface area contributed by atoms with Gasteiger partial charge in [-0.2, -0.15) is 0 Å². The van der Waals surface area contributed by atoms with E-state index in [9.17, 15) is 14.4 Å². The van der Waals surface area contributed by atoms with E-state index in [1.165, 1.54) is 0 Å². The predicted octanol–water partition coefficient (Wildman–Crippen LogP) is 3.41. The van der Waals surface area contributed by atoms with Gasteiger partial charge in [-0.05, 0) is 63.5 Å². The van der Waals surface area contributed by atoms with Crippen molar-refractivity contribution < 1.29 is 19.1 Å². The zero-order valence-corrected chi connectivity index (χ0v) is 16.6. The van der Waals surface area contributed by atoms with Crippen LogP contribution in [0, 0.1) is 26.7 Å². The molecule has 6 heteroatoms. The van der Waals surface area contributed by atoms with E-state index in [4.69, 9.17) is 4.74 Å². The van der Waals surface area contributed by atoms with E-state index in [0.29, 0.717) is 24.5 Å². The molecule has 1 saturated heterocycles. The maximum absolute atomic E-state index is 12.9. The number of amides is 3. The van der Waals surface area contributed by atoms with Crippen molar-refractivity contribution >= 4 is 17.9 Å². The summed E-state index contributed by atoms with van der Waals surface area (Å²) in [6, 6.07) is 3.37. The lowest BCUT2D eigenvalue weighted by atomic mass is 9.75. The highest BCUT2D eigenvalue weighted by molar-refractivity contribution is 6.08. The molecule has 1 spiro atoms. The highest BCUT2D eigenvalue weighted by atomic mass is 16.5. The molecular weight excluding hydrogens is 344 g/mol. The smallest absolute Gasteiger partial charge is 0.331 e. The topological polar surface area (TPSA) is 75.7 Å². The Balaban J connectivity index is 1.68. The number of carbonyl (C=O) groups is 3. The number of nitrogens with zero attached hydrogens (tertiary/aromatic N) is 1. The molecule has 2 fully saturated rings. The van der Waals surface area contributed by atoms with Gasteiger partial charge in [0, 0.05) is 0 Å². The van der Waals surface area contributed by atoms with Crippen molar-refractivity contribution in [3.63, 3.8) is 0 Å². The first-order chi connectivity index (χ1) is 12.8. The van der Waals surface area contributed by atoms with Crippen LogP contribution in [0.5, 0.6) is 5.75 Å². The Bertz CT molecular complexity index is 755. The Hall–Kier alpha value is -2.37. The maximum Gasteiger partial charge on any atom is 0.331 e. The fourth-order valence-corrected chi connectivity index (χ4v) is 4.34. The molecule has 0 bridgehead atoms. The number of hydrogen-bond donors (Lipinski definition) is 1. The van der Waals surface area contributed by atoms with Crippen LogP contribution >= 0.6 is 0 Å². The van der Waals surface area contributed by atoms with Crippen LogP contribution in [0.15, 0.2) is 12.1 Å². The molecule has 1 heterocycles. The number of carbonyl (C=O) groups excluding carboxylic acids is 3. The molecule has 2 aliphatic rings. The SMILES string of the molecule is CCC1CCC2(CC1)NC(=O)N(CC(=O)Oc1c(C)cc(C)cc1C)C2=O. The van der Waals surface area contributed by atoms with Crippen LogP contribution in [-0.2, 0) is 9.59 Å². The molecule has 3 amide bonds. The number of esters is 1. The van der Waals surface area contributed by atoms with E-state index in [0.717, 1.165) is 40.9 Å². The molecule has 1 aliphatic heterocycles. The first-order valence-corrected chi connectivity index (χ1v) is 9.68. The van der Waals surface area contributed by atoms with Crippen molar-refractivity contribution in [1.29, 1.82) is 0 Å². The summed E-state index contributed by atoms with van der Waals surface area (Å²) >= 11 is 0.